The Morgan fingerprint density at radius 3 is 2.58 bits per heavy atom. The first kappa shape index (κ1) is 18.4. The summed E-state index contributed by atoms with van der Waals surface area (Å²) in [5.74, 6) is 1.50. The number of methoxy groups -OCH3 is 2. The van der Waals surface area contributed by atoms with Crippen LogP contribution in [-0.2, 0) is 6.54 Å². The van der Waals surface area contributed by atoms with E-state index >= 15 is 0 Å². The molecule has 7 heteroatoms. The molecular weight excluding hydrogens is 348 g/mol. The number of nitrogens with one attached hydrogen (secondary N) is 1. The average molecular weight is 372 g/mol. The fourth-order valence-corrected chi connectivity index (χ4v) is 3.23. The van der Waals surface area contributed by atoms with Gasteiger partial charge in [0.1, 0.15) is 11.5 Å². The molecule has 2 aromatic rings. The van der Waals surface area contributed by atoms with Crippen LogP contribution in [-0.4, -0.2) is 60.3 Å². The largest absolute Gasteiger partial charge is 0.497 e. The van der Waals surface area contributed by atoms with Crippen molar-refractivity contribution in [2.45, 2.75) is 6.54 Å². The normalized spacial score (nSPS) is 14.8. The number of pyridine rings is 1. The molecule has 1 saturated heterocycles. The number of rotatable bonds is 5. The van der Waals surface area contributed by atoms with Gasteiger partial charge in [0.05, 0.1) is 25.6 Å². The zero-order valence-corrected chi connectivity index (χ0v) is 16.0. The van der Waals surface area contributed by atoms with E-state index < -0.39 is 0 Å². The molecular formula is C19H24N4O2S. The van der Waals surface area contributed by atoms with Gasteiger partial charge in [-0.25, -0.2) is 0 Å². The van der Waals surface area contributed by atoms with Crippen LogP contribution < -0.4 is 14.8 Å². The van der Waals surface area contributed by atoms with Crippen LogP contribution in [0.1, 0.15) is 5.69 Å². The number of ether oxygens (including phenoxy) is 2. The first-order valence-electron chi connectivity index (χ1n) is 8.60. The van der Waals surface area contributed by atoms with Crippen LogP contribution >= 0.6 is 12.2 Å². The van der Waals surface area contributed by atoms with Gasteiger partial charge in [0, 0.05) is 45.0 Å². The van der Waals surface area contributed by atoms with Crippen molar-refractivity contribution in [3.8, 4) is 11.5 Å². The molecule has 1 aromatic heterocycles. The van der Waals surface area contributed by atoms with Crippen molar-refractivity contribution >= 4 is 23.0 Å². The summed E-state index contributed by atoms with van der Waals surface area (Å²) >= 11 is 5.60. The quantitative estimate of drug-likeness (QED) is 0.810. The Morgan fingerprint density at radius 1 is 1.12 bits per heavy atom. The predicted molar refractivity (Wildman–Crippen MR) is 107 cm³/mol. The van der Waals surface area contributed by atoms with Crippen LogP contribution in [0.15, 0.2) is 42.6 Å². The molecule has 1 fully saturated rings. The lowest BCUT2D eigenvalue weighted by molar-refractivity contribution is 0.175. The Labute approximate surface area is 159 Å². The van der Waals surface area contributed by atoms with Gasteiger partial charge in [-0.3, -0.25) is 9.88 Å². The molecule has 1 aliphatic heterocycles. The van der Waals surface area contributed by atoms with Gasteiger partial charge in [0.15, 0.2) is 5.11 Å². The second kappa shape index (κ2) is 8.82. The summed E-state index contributed by atoms with van der Waals surface area (Å²) in [7, 11) is 3.29. The number of benzene rings is 1. The number of anilines is 1. The number of aromatic nitrogens is 1. The molecule has 0 radical (unpaired) electrons. The molecule has 26 heavy (non-hydrogen) atoms. The van der Waals surface area contributed by atoms with E-state index in [2.05, 4.69) is 26.2 Å². The van der Waals surface area contributed by atoms with Crippen molar-refractivity contribution in [1.82, 2.24) is 14.8 Å². The van der Waals surface area contributed by atoms with E-state index in [1.54, 1.807) is 14.2 Å². The number of nitrogens with zero attached hydrogens (tertiary/aromatic N) is 3. The molecule has 1 N–H and O–H groups in total. The maximum absolute atomic E-state index is 5.60. The third kappa shape index (κ3) is 4.62. The molecule has 2 heterocycles. The van der Waals surface area contributed by atoms with Gasteiger partial charge in [-0.05, 0) is 36.5 Å². The van der Waals surface area contributed by atoms with Gasteiger partial charge in [0.2, 0.25) is 0 Å². The third-order valence-corrected chi connectivity index (χ3v) is 4.78. The Kier molecular flexibility index (Phi) is 6.25. The van der Waals surface area contributed by atoms with Crippen molar-refractivity contribution in [1.29, 1.82) is 0 Å². The highest BCUT2D eigenvalue weighted by atomic mass is 32.1. The lowest BCUT2D eigenvalue weighted by atomic mass is 10.2. The molecule has 0 saturated carbocycles. The molecule has 0 bridgehead atoms. The van der Waals surface area contributed by atoms with Gasteiger partial charge < -0.3 is 19.7 Å². The smallest absolute Gasteiger partial charge is 0.173 e. The van der Waals surface area contributed by atoms with Gasteiger partial charge in [-0.2, -0.15) is 0 Å². The van der Waals surface area contributed by atoms with Gasteiger partial charge in [0.25, 0.3) is 0 Å². The zero-order valence-electron chi connectivity index (χ0n) is 15.1. The van der Waals surface area contributed by atoms with E-state index in [-0.39, 0.29) is 0 Å². The summed E-state index contributed by atoms with van der Waals surface area (Å²) in [6, 6.07) is 11.7. The third-order valence-electron chi connectivity index (χ3n) is 4.42. The van der Waals surface area contributed by atoms with E-state index in [0.29, 0.717) is 5.11 Å². The molecule has 3 rings (SSSR count). The molecule has 0 amide bonds. The summed E-state index contributed by atoms with van der Waals surface area (Å²) in [4.78, 5) is 8.98. The topological polar surface area (TPSA) is 49.9 Å². The Morgan fingerprint density at radius 2 is 1.92 bits per heavy atom. The second-order valence-corrected chi connectivity index (χ2v) is 6.47. The minimum atomic E-state index is 0.703. The van der Waals surface area contributed by atoms with Crippen LogP contribution in [0, 0.1) is 0 Å². The van der Waals surface area contributed by atoms with Gasteiger partial charge in [-0.15, -0.1) is 0 Å². The molecule has 0 unspecified atom stereocenters. The summed E-state index contributed by atoms with van der Waals surface area (Å²) in [6.45, 7) is 4.54. The highest BCUT2D eigenvalue weighted by molar-refractivity contribution is 7.80. The van der Waals surface area contributed by atoms with Crippen LogP contribution in [0.2, 0.25) is 0 Å². The van der Waals surface area contributed by atoms with Gasteiger partial charge >= 0.3 is 0 Å². The van der Waals surface area contributed by atoms with E-state index in [1.165, 1.54) is 0 Å². The minimum Gasteiger partial charge on any atom is -0.497 e. The van der Waals surface area contributed by atoms with E-state index in [0.717, 1.165) is 55.6 Å². The number of hydrogen-bond acceptors (Lipinski definition) is 5. The van der Waals surface area contributed by atoms with Crippen LogP contribution in [0.3, 0.4) is 0 Å². The second-order valence-electron chi connectivity index (χ2n) is 6.08. The highest BCUT2D eigenvalue weighted by Gasteiger charge is 2.20. The predicted octanol–water partition coefficient (Wildman–Crippen LogP) is 2.61. The molecule has 138 valence electrons. The van der Waals surface area contributed by atoms with E-state index in [1.807, 2.05) is 36.5 Å². The van der Waals surface area contributed by atoms with E-state index in [9.17, 15) is 0 Å². The van der Waals surface area contributed by atoms with Crippen molar-refractivity contribution in [3.05, 3.63) is 48.3 Å². The molecule has 6 nitrogen and oxygen atoms in total. The van der Waals surface area contributed by atoms with Crippen molar-refractivity contribution in [2.75, 3.05) is 45.7 Å². The number of thiocarbonyl (C=S) groups is 1. The molecule has 1 aromatic carbocycles. The number of hydrogen-bond donors (Lipinski definition) is 1. The molecule has 1 aliphatic rings. The van der Waals surface area contributed by atoms with Crippen molar-refractivity contribution in [3.63, 3.8) is 0 Å². The SMILES string of the molecule is COc1ccc(OC)c(NC(=S)N2CCN(Cc3ccccn3)CC2)c1. The fourth-order valence-electron chi connectivity index (χ4n) is 2.94. The minimum absolute atomic E-state index is 0.703. The molecule has 0 aliphatic carbocycles. The summed E-state index contributed by atoms with van der Waals surface area (Å²) < 4.78 is 10.7. The van der Waals surface area contributed by atoms with Crippen LogP contribution in [0.4, 0.5) is 5.69 Å². The van der Waals surface area contributed by atoms with Crippen LogP contribution in [0.5, 0.6) is 11.5 Å². The highest BCUT2D eigenvalue weighted by Crippen LogP contribution is 2.29. The lowest BCUT2D eigenvalue weighted by Gasteiger charge is -2.36. The maximum atomic E-state index is 5.60. The first-order valence-corrected chi connectivity index (χ1v) is 9.00. The maximum Gasteiger partial charge on any atom is 0.173 e. The molecule has 0 spiro atoms. The Balaban J connectivity index is 1.55. The van der Waals surface area contributed by atoms with Gasteiger partial charge in [-0.1, -0.05) is 6.07 Å². The number of piperazine rings is 1. The van der Waals surface area contributed by atoms with Crippen LogP contribution in [0.25, 0.3) is 0 Å². The van der Waals surface area contributed by atoms with Crippen molar-refractivity contribution < 1.29 is 9.47 Å². The van der Waals surface area contributed by atoms with Crippen molar-refractivity contribution in [2.24, 2.45) is 0 Å². The molecule has 0 atom stereocenters. The standard InChI is InChI=1S/C19H24N4O2S/c1-24-16-6-7-18(25-2)17(13-16)21-19(26)23-11-9-22(10-12-23)14-15-5-3-4-8-20-15/h3-8,13H,9-12,14H2,1-2H3,(H,21,26). The fraction of sp³-hybridized carbons (Fsp3) is 0.368. The first-order chi connectivity index (χ1) is 12.7. The Hall–Kier alpha value is -2.38. The lowest BCUT2D eigenvalue weighted by Crippen LogP contribution is -2.49. The summed E-state index contributed by atoms with van der Waals surface area (Å²) in [5, 5.41) is 3.99. The summed E-state index contributed by atoms with van der Waals surface area (Å²) in [5.41, 5.74) is 1.91. The average Bonchev–Trinajstić information content (AvgIpc) is 2.69. The monoisotopic (exact) mass is 372 g/mol. The van der Waals surface area contributed by atoms with E-state index in [4.69, 9.17) is 21.7 Å². The zero-order chi connectivity index (χ0) is 18.4. The summed E-state index contributed by atoms with van der Waals surface area (Å²) in [6.07, 6.45) is 1.84. The Bertz CT molecular complexity index is 734.